The van der Waals surface area contributed by atoms with Crippen molar-refractivity contribution in [2.24, 2.45) is 5.73 Å². The van der Waals surface area contributed by atoms with E-state index in [9.17, 15) is 0 Å². The Kier molecular flexibility index (Phi) is 11.5. The van der Waals surface area contributed by atoms with Crippen LogP contribution in [0.5, 0.6) is 5.75 Å². The van der Waals surface area contributed by atoms with E-state index in [4.69, 9.17) is 10.5 Å². The first-order valence-corrected chi connectivity index (χ1v) is 5.70. The highest BCUT2D eigenvalue weighted by molar-refractivity contribution is 5.85. The fourth-order valence-corrected chi connectivity index (χ4v) is 1.44. The standard InChI is InChI=1S/C13H22N2O.2ClH/c1-11(14)10-12-4-6-13(7-5-12)16-9-8-15(2)3;;/h4-7,11H,8-10,14H2,1-3H3;2*1H. The number of nitrogens with zero attached hydrogens (tertiary/aromatic N) is 1. The molecule has 1 atom stereocenters. The largest absolute Gasteiger partial charge is 0.492 e. The van der Waals surface area contributed by atoms with E-state index in [-0.39, 0.29) is 30.9 Å². The molecule has 18 heavy (non-hydrogen) atoms. The molecule has 1 rings (SSSR count). The maximum atomic E-state index is 5.74. The van der Waals surface area contributed by atoms with Crippen molar-refractivity contribution in [3.8, 4) is 5.75 Å². The summed E-state index contributed by atoms with van der Waals surface area (Å²) in [6.45, 7) is 3.67. The lowest BCUT2D eigenvalue weighted by Crippen LogP contribution is -2.19. The highest BCUT2D eigenvalue weighted by Crippen LogP contribution is 2.13. The first-order valence-electron chi connectivity index (χ1n) is 5.70. The van der Waals surface area contributed by atoms with Gasteiger partial charge >= 0.3 is 0 Å². The molecular weight excluding hydrogens is 271 g/mol. The number of hydrogen-bond donors (Lipinski definition) is 1. The SMILES string of the molecule is CC(N)Cc1ccc(OCCN(C)C)cc1.Cl.Cl. The van der Waals surface area contributed by atoms with Crippen LogP contribution in [0.1, 0.15) is 12.5 Å². The lowest BCUT2D eigenvalue weighted by molar-refractivity contribution is 0.261. The van der Waals surface area contributed by atoms with Crippen molar-refractivity contribution in [2.75, 3.05) is 27.2 Å². The molecule has 0 fully saturated rings. The van der Waals surface area contributed by atoms with E-state index < -0.39 is 0 Å². The Hall–Kier alpha value is -0.480. The van der Waals surface area contributed by atoms with Crippen LogP contribution in [0.4, 0.5) is 0 Å². The Morgan fingerprint density at radius 3 is 2.17 bits per heavy atom. The highest BCUT2D eigenvalue weighted by Gasteiger charge is 1.99. The van der Waals surface area contributed by atoms with Gasteiger partial charge in [-0.3, -0.25) is 0 Å². The number of benzene rings is 1. The molecule has 0 spiro atoms. The number of rotatable bonds is 6. The molecule has 1 aromatic rings. The maximum Gasteiger partial charge on any atom is 0.119 e. The Labute approximate surface area is 123 Å². The van der Waals surface area contributed by atoms with Crippen LogP contribution in [-0.4, -0.2) is 38.2 Å². The highest BCUT2D eigenvalue weighted by atomic mass is 35.5. The molecule has 1 aromatic carbocycles. The van der Waals surface area contributed by atoms with Crippen LogP contribution in [0.3, 0.4) is 0 Å². The quantitative estimate of drug-likeness (QED) is 0.875. The molecule has 106 valence electrons. The average Bonchev–Trinajstić information content (AvgIpc) is 2.19. The van der Waals surface area contributed by atoms with Crippen LogP contribution < -0.4 is 10.5 Å². The lowest BCUT2D eigenvalue weighted by atomic mass is 10.1. The molecule has 1 unspecified atom stereocenters. The van der Waals surface area contributed by atoms with Crippen LogP contribution in [0.2, 0.25) is 0 Å². The molecule has 0 radical (unpaired) electrons. The summed E-state index contributed by atoms with van der Waals surface area (Å²) >= 11 is 0. The predicted octanol–water partition coefficient (Wildman–Crippen LogP) is 2.36. The van der Waals surface area contributed by atoms with Gasteiger partial charge in [0.1, 0.15) is 12.4 Å². The third kappa shape index (κ3) is 8.59. The first-order chi connectivity index (χ1) is 7.58. The van der Waals surface area contributed by atoms with Crippen LogP contribution in [-0.2, 0) is 6.42 Å². The summed E-state index contributed by atoms with van der Waals surface area (Å²) in [5.74, 6) is 0.926. The number of halogens is 2. The fourth-order valence-electron chi connectivity index (χ4n) is 1.44. The van der Waals surface area contributed by atoms with E-state index >= 15 is 0 Å². The molecule has 0 aliphatic carbocycles. The zero-order valence-electron chi connectivity index (χ0n) is 11.3. The minimum Gasteiger partial charge on any atom is -0.492 e. The number of nitrogens with two attached hydrogens (primary N) is 1. The van der Waals surface area contributed by atoms with Crippen molar-refractivity contribution in [2.45, 2.75) is 19.4 Å². The molecule has 0 amide bonds. The molecule has 5 heteroatoms. The Balaban J connectivity index is 0. The number of ether oxygens (including phenoxy) is 1. The molecule has 0 saturated heterocycles. The van der Waals surface area contributed by atoms with Gasteiger partial charge in [-0.25, -0.2) is 0 Å². The van der Waals surface area contributed by atoms with Crippen molar-refractivity contribution < 1.29 is 4.74 Å². The van der Waals surface area contributed by atoms with Crippen molar-refractivity contribution >= 4 is 24.8 Å². The smallest absolute Gasteiger partial charge is 0.119 e. The van der Waals surface area contributed by atoms with Crippen LogP contribution in [0, 0.1) is 0 Å². The summed E-state index contributed by atoms with van der Waals surface area (Å²) < 4.78 is 5.60. The molecule has 0 aromatic heterocycles. The van der Waals surface area contributed by atoms with Gasteiger partial charge in [-0.15, -0.1) is 24.8 Å². The minimum absolute atomic E-state index is 0. The van der Waals surface area contributed by atoms with Gasteiger partial charge in [0.2, 0.25) is 0 Å². The van der Waals surface area contributed by atoms with E-state index in [1.54, 1.807) is 0 Å². The van der Waals surface area contributed by atoms with Crippen molar-refractivity contribution in [1.29, 1.82) is 0 Å². The second-order valence-electron chi connectivity index (χ2n) is 4.48. The minimum atomic E-state index is 0. The summed E-state index contributed by atoms with van der Waals surface area (Å²) in [6.07, 6.45) is 0.915. The molecule has 0 saturated carbocycles. The third-order valence-corrected chi connectivity index (χ3v) is 2.29. The summed E-state index contributed by atoms with van der Waals surface area (Å²) in [5.41, 5.74) is 7.00. The van der Waals surface area contributed by atoms with E-state index in [2.05, 4.69) is 17.0 Å². The summed E-state index contributed by atoms with van der Waals surface area (Å²) in [6, 6.07) is 8.38. The van der Waals surface area contributed by atoms with Gasteiger partial charge in [-0.2, -0.15) is 0 Å². The number of hydrogen-bond acceptors (Lipinski definition) is 3. The Morgan fingerprint density at radius 2 is 1.72 bits per heavy atom. The molecule has 3 nitrogen and oxygen atoms in total. The van der Waals surface area contributed by atoms with Crippen molar-refractivity contribution in [3.05, 3.63) is 29.8 Å². The van der Waals surface area contributed by atoms with Gasteiger partial charge in [0.05, 0.1) is 0 Å². The third-order valence-electron chi connectivity index (χ3n) is 2.29. The van der Waals surface area contributed by atoms with E-state index in [0.29, 0.717) is 0 Å². The van der Waals surface area contributed by atoms with Crippen LogP contribution >= 0.6 is 24.8 Å². The van der Waals surface area contributed by atoms with Gasteiger partial charge in [0.25, 0.3) is 0 Å². The summed E-state index contributed by atoms with van der Waals surface area (Å²) in [7, 11) is 4.07. The Morgan fingerprint density at radius 1 is 1.17 bits per heavy atom. The summed E-state index contributed by atoms with van der Waals surface area (Å²) in [5, 5.41) is 0. The second kappa shape index (κ2) is 10.4. The molecule has 0 heterocycles. The normalized spacial score (nSPS) is 11.4. The molecule has 0 aliphatic rings. The molecule has 0 bridgehead atoms. The second-order valence-corrected chi connectivity index (χ2v) is 4.48. The lowest BCUT2D eigenvalue weighted by Gasteiger charge is -2.11. The molecular formula is C13H24Cl2N2O. The van der Waals surface area contributed by atoms with Crippen LogP contribution in [0.15, 0.2) is 24.3 Å². The fraction of sp³-hybridized carbons (Fsp3) is 0.538. The first kappa shape index (κ1) is 19.9. The van der Waals surface area contributed by atoms with Crippen LogP contribution in [0.25, 0.3) is 0 Å². The zero-order chi connectivity index (χ0) is 12.0. The topological polar surface area (TPSA) is 38.5 Å². The van der Waals surface area contributed by atoms with Gasteiger partial charge < -0.3 is 15.4 Å². The Bertz CT molecular complexity index is 302. The monoisotopic (exact) mass is 294 g/mol. The molecule has 2 N–H and O–H groups in total. The average molecular weight is 295 g/mol. The van der Waals surface area contributed by atoms with Gasteiger partial charge in [0.15, 0.2) is 0 Å². The number of likely N-dealkylation sites (N-methyl/N-ethyl adjacent to an activating group) is 1. The maximum absolute atomic E-state index is 5.74. The van der Waals surface area contributed by atoms with Crippen molar-refractivity contribution in [3.63, 3.8) is 0 Å². The van der Waals surface area contributed by atoms with Gasteiger partial charge in [-0.05, 0) is 45.1 Å². The van der Waals surface area contributed by atoms with E-state index in [1.807, 2.05) is 33.2 Å². The predicted molar refractivity (Wildman–Crippen MR) is 82.3 cm³/mol. The van der Waals surface area contributed by atoms with Gasteiger partial charge in [-0.1, -0.05) is 12.1 Å². The summed E-state index contributed by atoms with van der Waals surface area (Å²) in [4.78, 5) is 2.10. The zero-order valence-corrected chi connectivity index (χ0v) is 12.9. The van der Waals surface area contributed by atoms with E-state index in [1.165, 1.54) is 5.56 Å². The van der Waals surface area contributed by atoms with Gasteiger partial charge in [0, 0.05) is 12.6 Å². The van der Waals surface area contributed by atoms with E-state index in [0.717, 1.165) is 25.3 Å². The molecule has 0 aliphatic heterocycles. The van der Waals surface area contributed by atoms with Crippen molar-refractivity contribution in [1.82, 2.24) is 4.90 Å².